The van der Waals surface area contributed by atoms with E-state index >= 15 is 0 Å². The molecule has 0 unspecified atom stereocenters. The number of piperazine rings is 1. The fourth-order valence-electron chi connectivity index (χ4n) is 3.00. The van der Waals surface area contributed by atoms with Crippen LogP contribution in [-0.4, -0.2) is 82.9 Å². The van der Waals surface area contributed by atoms with Crippen LogP contribution < -0.4 is 5.32 Å². The topological polar surface area (TPSA) is 140 Å². The first kappa shape index (κ1) is 26.5. The van der Waals surface area contributed by atoms with Gasteiger partial charge in [0.25, 0.3) is 0 Å². The predicted octanol–water partition coefficient (Wildman–Crippen LogP) is 1.89. The van der Waals surface area contributed by atoms with Crippen molar-refractivity contribution in [1.82, 2.24) is 9.80 Å². The number of furan rings is 1. The molecule has 0 radical (unpaired) electrons. The van der Waals surface area contributed by atoms with Gasteiger partial charge in [-0.15, -0.1) is 0 Å². The third-order valence-electron chi connectivity index (χ3n) is 4.65. The summed E-state index contributed by atoms with van der Waals surface area (Å²) in [5, 5.41) is 17.3. The van der Waals surface area contributed by atoms with Crippen molar-refractivity contribution in [3.8, 4) is 0 Å². The summed E-state index contributed by atoms with van der Waals surface area (Å²) in [6.07, 6.45) is -3.00. The number of nitrogens with zero attached hydrogens (tertiary/aromatic N) is 2. The summed E-state index contributed by atoms with van der Waals surface area (Å²) in [7, 11) is 0. The van der Waals surface area contributed by atoms with E-state index in [1.54, 1.807) is 12.1 Å². The molecule has 1 amide bonds. The van der Waals surface area contributed by atoms with Crippen molar-refractivity contribution in [2.75, 3.05) is 44.6 Å². The highest BCUT2D eigenvalue weighted by atomic mass is 19.4. The maximum atomic E-state index is 12.7. The summed E-state index contributed by atoms with van der Waals surface area (Å²) in [5.41, 5.74) is -0.692. The van der Waals surface area contributed by atoms with Gasteiger partial charge in [0, 0.05) is 31.9 Å². The van der Waals surface area contributed by atoms with E-state index in [-0.39, 0.29) is 30.5 Å². The Labute approximate surface area is 191 Å². The van der Waals surface area contributed by atoms with Crippen molar-refractivity contribution < 1.29 is 47.0 Å². The van der Waals surface area contributed by atoms with Crippen LogP contribution in [0.25, 0.3) is 0 Å². The molecule has 0 saturated carbocycles. The summed E-state index contributed by atoms with van der Waals surface area (Å²) in [6.45, 7) is 2.73. The summed E-state index contributed by atoms with van der Waals surface area (Å²) in [5.74, 6) is -3.80. The number of hydrogen-bond acceptors (Lipinski definition) is 7. The van der Waals surface area contributed by atoms with Crippen molar-refractivity contribution in [2.45, 2.75) is 6.18 Å². The lowest BCUT2D eigenvalue weighted by Crippen LogP contribution is -2.49. The lowest BCUT2D eigenvalue weighted by molar-refractivity contribution is -0.159. The zero-order chi connectivity index (χ0) is 25.3. The maximum Gasteiger partial charge on any atom is 0.416 e. The molecule has 0 atom stereocenters. The first-order valence-electron chi connectivity index (χ1n) is 9.90. The van der Waals surface area contributed by atoms with Crippen LogP contribution in [0.2, 0.25) is 0 Å². The summed E-state index contributed by atoms with van der Waals surface area (Å²) in [4.78, 5) is 46.3. The quantitative estimate of drug-likeness (QED) is 0.413. The van der Waals surface area contributed by atoms with E-state index in [2.05, 4.69) is 5.32 Å². The number of halogens is 3. The zero-order valence-corrected chi connectivity index (χ0v) is 17.7. The molecule has 1 saturated heterocycles. The van der Waals surface area contributed by atoms with Crippen molar-refractivity contribution in [2.24, 2.45) is 0 Å². The largest absolute Gasteiger partial charge is 0.473 e. The first-order valence-corrected chi connectivity index (χ1v) is 9.90. The van der Waals surface area contributed by atoms with Gasteiger partial charge >= 0.3 is 18.1 Å². The molecule has 2 aromatic rings. The molecular weight excluding hydrogens is 463 g/mol. The molecule has 13 heteroatoms. The van der Waals surface area contributed by atoms with Crippen LogP contribution in [0.1, 0.15) is 16.1 Å². The van der Waals surface area contributed by atoms with Crippen LogP contribution in [0.15, 0.2) is 47.1 Å². The number of ketones is 1. The third kappa shape index (κ3) is 8.67. The van der Waals surface area contributed by atoms with Gasteiger partial charge in [0.1, 0.15) is 0 Å². The number of amides is 1. The van der Waals surface area contributed by atoms with Crippen LogP contribution in [0.4, 0.5) is 18.9 Å². The van der Waals surface area contributed by atoms with Crippen LogP contribution in [0.5, 0.6) is 0 Å². The zero-order valence-electron chi connectivity index (χ0n) is 17.7. The molecule has 2 heterocycles. The van der Waals surface area contributed by atoms with Gasteiger partial charge in [-0.25, -0.2) is 9.59 Å². The molecule has 0 aliphatic carbocycles. The van der Waals surface area contributed by atoms with Gasteiger partial charge in [-0.3, -0.25) is 19.4 Å². The number of aliphatic carboxylic acids is 2. The fourth-order valence-corrected chi connectivity index (χ4v) is 3.00. The van der Waals surface area contributed by atoms with Crippen LogP contribution in [0, 0.1) is 0 Å². The van der Waals surface area contributed by atoms with E-state index in [9.17, 15) is 22.8 Å². The molecule has 3 rings (SSSR count). The number of carbonyl (C=O) groups is 4. The number of nitrogens with one attached hydrogen (secondary N) is 1. The number of alkyl halides is 3. The summed E-state index contributed by atoms with van der Waals surface area (Å²) in [6, 6.07) is 7.83. The standard InChI is InChI=1S/C19H20F3N3O3.C2H2O4/c20-19(21,22)14-3-1-4-15(11-14)23-18(27)13-25-8-6-24(7-9-25)12-16(26)17-5-2-10-28-17;3-1(4)2(5)6/h1-5,10-11H,6-9,12-13H2,(H,23,27);(H,3,4)(H,5,6). The molecule has 0 spiro atoms. The van der Waals surface area contributed by atoms with E-state index in [4.69, 9.17) is 24.2 Å². The van der Waals surface area contributed by atoms with E-state index in [1.807, 2.05) is 9.80 Å². The number of hydrogen-bond donors (Lipinski definition) is 3. The molecule has 10 nitrogen and oxygen atoms in total. The highest BCUT2D eigenvalue weighted by Crippen LogP contribution is 2.30. The highest BCUT2D eigenvalue weighted by Gasteiger charge is 2.30. The number of anilines is 1. The second-order valence-electron chi connectivity index (χ2n) is 7.19. The monoisotopic (exact) mass is 485 g/mol. The van der Waals surface area contributed by atoms with Crippen LogP contribution >= 0.6 is 0 Å². The van der Waals surface area contributed by atoms with Crippen LogP contribution in [-0.2, 0) is 20.6 Å². The molecule has 1 aromatic heterocycles. The van der Waals surface area contributed by atoms with Gasteiger partial charge in [0.05, 0.1) is 24.9 Å². The highest BCUT2D eigenvalue weighted by molar-refractivity contribution is 6.27. The summed E-state index contributed by atoms with van der Waals surface area (Å²) >= 11 is 0. The molecule has 1 aromatic carbocycles. The van der Waals surface area contributed by atoms with Gasteiger partial charge in [-0.05, 0) is 30.3 Å². The van der Waals surface area contributed by atoms with Crippen molar-refractivity contribution in [3.05, 3.63) is 54.0 Å². The molecule has 1 aliphatic rings. The van der Waals surface area contributed by atoms with Gasteiger partial charge < -0.3 is 19.9 Å². The third-order valence-corrected chi connectivity index (χ3v) is 4.65. The van der Waals surface area contributed by atoms with Gasteiger partial charge in [0.2, 0.25) is 11.7 Å². The number of carboxylic acids is 2. The molecular formula is C21H22F3N3O7. The molecule has 184 valence electrons. The minimum Gasteiger partial charge on any atom is -0.473 e. The normalized spacial score (nSPS) is 14.6. The van der Waals surface area contributed by atoms with Crippen molar-refractivity contribution in [3.63, 3.8) is 0 Å². The average molecular weight is 485 g/mol. The Balaban J connectivity index is 0.000000604. The summed E-state index contributed by atoms with van der Waals surface area (Å²) < 4.78 is 43.3. The minimum atomic E-state index is -4.45. The Kier molecular flexibility index (Phi) is 9.33. The Morgan fingerprint density at radius 2 is 1.50 bits per heavy atom. The fraction of sp³-hybridized carbons (Fsp3) is 0.333. The van der Waals surface area contributed by atoms with Crippen LogP contribution in [0.3, 0.4) is 0 Å². The van der Waals surface area contributed by atoms with E-state index in [0.29, 0.717) is 31.9 Å². The van der Waals surface area contributed by atoms with Gasteiger partial charge in [0.15, 0.2) is 5.76 Å². The van der Waals surface area contributed by atoms with E-state index < -0.39 is 23.7 Å². The minimum absolute atomic E-state index is 0.0796. The first-order chi connectivity index (χ1) is 16.0. The number of carboxylic acid groups (broad SMARTS) is 2. The van der Waals surface area contributed by atoms with E-state index in [0.717, 1.165) is 12.1 Å². The second-order valence-corrected chi connectivity index (χ2v) is 7.19. The molecule has 1 fully saturated rings. The van der Waals surface area contributed by atoms with Crippen molar-refractivity contribution >= 4 is 29.3 Å². The number of benzene rings is 1. The number of rotatable bonds is 6. The Morgan fingerprint density at radius 3 is 2.00 bits per heavy atom. The molecule has 34 heavy (non-hydrogen) atoms. The number of Topliss-reactive ketones (excluding diaryl/α,β-unsaturated/α-hetero) is 1. The molecule has 0 bridgehead atoms. The Morgan fingerprint density at radius 1 is 0.912 bits per heavy atom. The lowest BCUT2D eigenvalue weighted by Gasteiger charge is -2.33. The van der Waals surface area contributed by atoms with Crippen molar-refractivity contribution in [1.29, 1.82) is 0 Å². The van der Waals surface area contributed by atoms with Gasteiger partial charge in [-0.2, -0.15) is 13.2 Å². The lowest BCUT2D eigenvalue weighted by atomic mass is 10.2. The Hall–Kier alpha value is -3.71. The smallest absolute Gasteiger partial charge is 0.416 e. The molecule has 3 N–H and O–H groups in total. The SMILES string of the molecule is O=C(CN1CCN(CC(=O)c2ccco2)CC1)Nc1cccc(C(F)(F)F)c1.O=C(O)C(=O)O. The predicted molar refractivity (Wildman–Crippen MR) is 111 cm³/mol. The Bertz CT molecular complexity index is 989. The second kappa shape index (κ2) is 12.0. The average Bonchev–Trinajstić information content (AvgIpc) is 3.30. The van der Waals surface area contributed by atoms with E-state index in [1.165, 1.54) is 18.4 Å². The maximum absolute atomic E-state index is 12.7. The van der Waals surface area contributed by atoms with Gasteiger partial charge in [-0.1, -0.05) is 6.07 Å². The number of carbonyl (C=O) groups excluding carboxylic acids is 2. The molecule has 1 aliphatic heterocycles.